The van der Waals surface area contributed by atoms with Crippen LogP contribution in [0.5, 0.6) is 0 Å². The lowest BCUT2D eigenvalue weighted by molar-refractivity contribution is 0.0248. The van der Waals surface area contributed by atoms with Crippen LogP contribution in [-0.4, -0.2) is 237 Å². The van der Waals surface area contributed by atoms with Gasteiger partial charge in [-0.3, -0.25) is 0 Å². The minimum Gasteiger partial charge on any atom is -0.449 e. The van der Waals surface area contributed by atoms with Gasteiger partial charge in [0.05, 0.1) is 0 Å². The SMILES string of the molecule is C[Si](C)(CCCO)O[SiH](O[SiH2]O[SiH2]O[SiH2]O[SiH3])O[Si](O[Si](C)(C)CCCO)(O[Si](C)(C)CCCO)O[Si](O[Si](C)(C)CCCO)(O[Si](C)(C)CCCO)O[Si](O[Si](C)(C)CCCO)(O[Si](C)(C)CCCO)O[Si](C)(C)CCCO. The molecule has 0 aromatic heterocycles. The van der Waals surface area contributed by atoms with Crippen molar-refractivity contribution in [1.29, 1.82) is 0 Å². The first-order valence-corrected chi connectivity index (χ1v) is 63.8. The summed E-state index contributed by atoms with van der Waals surface area (Å²) < 4.78 is 108. The van der Waals surface area contributed by atoms with Crippen molar-refractivity contribution in [2.24, 2.45) is 0 Å². The number of rotatable bonds is 53. The van der Waals surface area contributed by atoms with Gasteiger partial charge in [-0.2, -0.15) is 0 Å². The van der Waals surface area contributed by atoms with E-state index in [4.69, 9.17) is 61.7 Å². The molecule has 0 spiro atoms. The van der Waals surface area contributed by atoms with Crippen LogP contribution in [-0.2, 0) is 61.7 Å². The normalized spacial score (nSPS) is 15.2. The Balaban J connectivity index is 9.94. The monoisotopic (exact) mass is 1410 g/mol. The topological polar surface area (TPSA) is 300 Å². The van der Waals surface area contributed by atoms with Gasteiger partial charge >= 0.3 is 36.7 Å². The van der Waals surface area contributed by atoms with Gasteiger partial charge in [0, 0.05) is 52.9 Å². The van der Waals surface area contributed by atoms with E-state index in [9.17, 15) is 40.9 Å². The highest BCUT2D eigenvalue weighted by Gasteiger charge is 2.71. The molecule has 0 aliphatic rings. The summed E-state index contributed by atoms with van der Waals surface area (Å²) in [6.07, 6.45) is 3.24. The fraction of sp³-hybridized carbons (Fsp3) is 1.00. The number of aliphatic hydroxyl groups is 8. The van der Waals surface area contributed by atoms with Crippen LogP contribution in [0.15, 0.2) is 0 Å². The van der Waals surface area contributed by atoms with Gasteiger partial charge in [0.25, 0.3) is 30.0 Å². The van der Waals surface area contributed by atoms with Crippen molar-refractivity contribution in [3.05, 3.63) is 0 Å². The highest BCUT2D eigenvalue weighted by molar-refractivity contribution is 6.96. The summed E-state index contributed by atoms with van der Waals surface area (Å²) in [4.78, 5) is 0. The smallest absolute Gasteiger partial charge is 0.449 e. The minimum absolute atomic E-state index is 0.0486. The van der Waals surface area contributed by atoms with E-state index >= 15 is 0 Å². The molecular weight excluding hydrogens is 1300 g/mol. The standard InChI is InChI=1S/C40H114O23Si16/c1-69(2,33-17-25-41)53-68(52-67-51-66-50-65-49-64)54-77(55-70(3,4)34-18-26-42,56-71(5,6)35-19-27-43)62-79(60-75(13,14)39-23-31-47,61-76(15,16)40-24-32-48)63-78(57-72(7,8)36-20-28-44,58-73(9,10)37-21-29-45)59-74(11,12)38-22-30-46/h41-48,68H,17-40,65-67H2,1-16,64H3. The molecule has 0 bridgehead atoms. The second kappa shape index (κ2) is 39.5. The molecule has 23 nitrogen and oxygen atoms in total. The summed E-state index contributed by atoms with van der Waals surface area (Å²) in [5, 5.41) is 82.3. The maximum atomic E-state index is 10.4. The van der Waals surface area contributed by atoms with Crippen LogP contribution in [0.4, 0.5) is 0 Å². The van der Waals surface area contributed by atoms with Crippen molar-refractivity contribution in [2.75, 3.05) is 52.9 Å². The van der Waals surface area contributed by atoms with Gasteiger partial charge in [0.15, 0.2) is 66.5 Å². The first kappa shape index (κ1) is 81.6. The number of hydrogen-bond acceptors (Lipinski definition) is 23. The van der Waals surface area contributed by atoms with Crippen LogP contribution in [0.3, 0.4) is 0 Å². The van der Waals surface area contributed by atoms with Crippen molar-refractivity contribution in [3.8, 4) is 0 Å². The Bertz CT molecular complexity index is 1490. The first-order valence-electron chi connectivity index (χ1n) is 28.3. The minimum atomic E-state index is -5.24. The van der Waals surface area contributed by atoms with Crippen LogP contribution >= 0.6 is 0 Å². The van der Waals surface area contributed by atoms with Crippen molar-refractivity contribution in [2.45, 2.75) is 204 Å². The summed E-state index contributed by atoms with van der Waals surface area (Å²) >= 11 is 0. The van der Waals surface area contributed by atoms with E-state index in [1.54, 1.807) is 0 Å². The molecule has 0 aliphatic carbocycles. The third kappa shape index (κ3) is 37.9. The van der Waals surface area contributed by atoms with Crippen molar-refractivity contribution < 1.29 is 103 Å². The molecule has 39 heteroatoms. The molecule has 1 unspecified atom stereocenters. The zero-order chi connectivity index (χ0) is 60.8. The number of aliphatic hydroxyl groups excluding tert-OH is 8. The maximum absolute atomic E-state index is 10.4. The summed E-state index contributed by atoms with van der Waals surface area (Å²) in [5.41, 5.74) is 0. The van der Waals surface area contributed by atoms with E-state index in [2.05, 4.69) is 0 Å². The highest BCUT2D eigenvalue weighted by atomic mass is 28.6. The van der Waals surface area contributed by atoms with Crippen LogP contribution < -0.4 is 0 Å². The lowest BCUT2D eigenvalue weighted by atomic mass is 10.5. The maximum Gasteiger partial charge on any atom is 0.646 e. The second-order valence-corrected chi connectivity index (χ2v) is 77.4. The van der Waals surface area contributed by atoms with E-state index in [-0.39, 0.29) is 52.9 Å². The summed E-state index contributed by atoms with van der Waals surface area (Å²) in [6, 6.07) is 3.68. The van der Waals surface area contributed by atoms with E-state index in [1.807, 2.05) is 105 Å². The molecule has 476 valence electrons. The van der Waals surface area contributed by atoms with Gasteiger partial charge < -0.3 is 103 Å². The molecule has 8 N–H and O–H groups in total. The summed E-state index contributed by atoms with van der Waals surface area (Å²) in [7, 11) is -47.2. The van der Waals surface area contributed by atoms with Gasteiger partial charge in [-0.05, 0) is 204 Å². The Morgan fingerprint density at radius 2 is 0.519 bits per heavy atom. The van der Waals surface area contributed by atoms with E-state index in [0.29, 0.717) is 110 Å². The second-order valence-electron chi connectivity index (χ2n) is 24.9. The molecule has 79 heavy (non-hydrogen) atoms. The molecule has 0 fully saturated rings. The Hall–Kier alpha value is 2.55. The van der Waals surface area contributed by atoms with E-state index in [1.165, 1.54) is 0 Å². The zero-order valence-electron chi connectivity index (χ0n) is 51.9. The highest BCUT2D eigenvalue weighted by Crippen LogP contribution is 2.41. The summed E-state index contributed by atoms with van der Waals surface area (Å²) in [6.45, 7) is 31.3. The van der Waals surface area contributed by atoms with Crippen LogP contribution in [0.25, 0.3) is 0 Å². The van der Waals surface area contributed by atoms with Crippen LogP contribution in [0, 0.1) is 0 Å². The van der Waals surface area contributed by atoms with Crippen molar-refractivity contribution in [1.82, 2.24) is 0 Å². The zero-order valence-corrected chi connectivity index (χ0v) is 70.3. The number of hydrogen-bond donors (Lipinski definition) is 8. The molecule has 0 aromatic carbocycles. The first-order chi connectivity index (χ1) is 36.5. The van der Waals surface area contributed by atoms with E-state index < -0.39 is 133 Å². The molecule has 1 atom stereocenters. The fourth-order valence-corrected chi connectivity index (χ4v) is 62.5. The molecular formula is C40H114O23Si16. The largest absolute Gasteiger partial charge is 0.646 e. The average Bonchev–Trinajstić information content (AvgIpc) is 3.30. The quantitative estimate of drug-likeness (QED) is 0.0320. The van der Waals surface area contributed by atoms with Crippen molar-refractivity contribution in [3.63, 3.8) is 0 Å². The van der Waals surface area contributed by atoms with Crippen LogP contribution in [0.2, 0.25) is 153 Å². The van der Waals surface area contributed by atoms with Crippen molar-refractivity contribution >= 4 is 144 Å². The Morgan fingerprint density at radius 3 is 0.785 bits per heavy atom. The van der Waals surface area contributed by atoms with Gasteiger partial charge in [-0.25, -0.2) is 0 Å². The Kier molecular flexibility index (Phi) is 40.8. The predicted octanol–water partition coefficient (Wildman–Crippen LogP) is 2.24. The molecule has 0 radical (unpaired) electrons. The third-order valence-corrected chi connectivity index (χ3v) is 61.5. The Morgan fingerprint density at radius 1 is 0.291 bits per heavy atom. The predicted molar refractivity (Wildman–Crippen MR) is 348 cm³/mol. The molecule has 0 aromatic rings. The van der Waals surface area contributed by atoms with Crippen LogP contribution in [0.1, 0.15) is 51.4 Å². The molecule has 0 heterocycles. The third-order valence-electron chi connectivity index (χ3n) is 12.1. The molecule has 0 saturated carbocycles. The lowest BCUT2D eigenvalue weighted by Gasteiger charge is -2.50. The molecule has 0 rings (SSSR count). The fourth-order valence-electron chi connectivity index (χ4n) is 8.30. The molecule has 0 saturated heterocycles. The Labute approximate surface area is 500 Å². The van der Waals surface area contributed by atoms with Gasteiger partial charge in [0.2, 0.25) is 0 Å². The van der Waals surface area contributed by atoms with E-state index in [0.717, 1.165) is 0 Å². The average molecular weight is 1410 g/mol. The molecule has 0 amide bonds. The van der Waals surface area contributed by atoms with Gasteiger partial charge in [-0.1, -0.05) is 0 Å². The van der Waals surface area contributed by atoms with Gasteiger partial charge in [-0.15, -0.1) is 0 Å². The lowest BCUT2D eigenvalue weighted by Crippen LogP contribution is -2.76. The summed E-state index contributed by atoms with van der Waals surface area (Å²) in [5.74, 6) is 0. The molecule has 0 aliphatic heterocycles. The van der Waals surface area contributed by atoms with Gasteiger partial charge in [0.1, 0.15) is 10.5 Å².